The number of benzene rings is 1. The van der Waals surface area contributed by atoms with E-state index in [4.69, 9.17) is 5.73 Å². The third-order valence-corrected chi connectivity index (χ3v) is 3.34. The Hall–Kier alpha value is -1.54. The highest BCUT2D eigenvalue weighted by atomic mass is 79.9. The minimum Gasteiger partial charge on any atom is -0.346 e. The van der Waals surface area contributed by atoms with E-state index in [9.17, 15) is 18.4 Å². The van der Waals surface area contributed by atoms with Crippen molar-refractivity contribution in [1.29, 1.82) is 0 Å². The summed E-state index contributed by atoms with van der Waals surface area (Å²) in [5, 5.41) is 4.58. The zero-order valence-corrected chi connectivity index (χ0v) is 13.1. The van der Waals surface area contributed by atoms with Crippen molar-refractivity contribution in [1.82, 2.24) is 5.32 Å². The lowest BCUT2D eigenvalue weighted by Crippen LogP contribution is -2.46. The van der Waals surface area contributed by atoms with Gasteiger partial charge in [-0.05, 0) is 27.9 Å². The molecule has 0 aromatic heterocycles. The molecule has 21 heavy (non-hydrogen) atoms. The zero-order valence-electron chi connectivity index (χ0n) is 11.5. The number of halogens is 3. The molecular weight excluding hydrogens is 348 g/mol. The van der Waals surface area contributed by atoms with Gasteiger partial charge in [-0.1, -0.05) is 13.8 Å². The van der Waals surface area contributed by atoms with Gasteiger partial charge in [0.2, 0.25) is 11.8 Å². The van der Waals surface area contributed by atoms with Crippen LogP contribution < -0.4 is 16.4 Å². The third kappa shape index (κ3) is 5.05. The van der Waals surface area contributed by atoms with Gasteiger partial charge in [-0.2, -0.15) is 0 Å². The van der Waals surface area contributed by atoms with Gasteiger partial charge in [0.25, 0.3) is 0 Å². The second-order valence-electron chi connectivity index (χ2n) is 4.78. The molecule has 8 heteroatoms. The summed E-state index contributed by atoms with van der Waals surface area (Å²) >= 11 is 2.89. The number of amides is 2. The van der Waals surface area contributed by atoms with Gasteiger partial charge in [-0.25, -0.2) is 8.78 Å². The van der Waals surface area contributed by atoms with Gasteiger partial charge < -0.3 is 16.4 Å². The minimum atomic E-state index is -0.908. The van der Waals surface area contributed by atoms with E-state index in [1.165, 1.54) is 0 Å². The minimum absolute atomic E-state index is 0.0186. The number of nitrogens with one attached hydrogen (secondary N) is 2. The van der Waals surface area contributed by atoms with Gasteiger partial charge in [0.15, 0.2) is 0 Å². The van der Waals surface area contributed by atoms with Crippen LogP contribution in [0, 0.1) is 17.6 Å². The maximum absolute atomic E-state index is 13.4. The van der Waals surface area contributed by atoms with E-state index in [2.05, 4.69) is 26.6 Å². The largest absolute Gasteiger partial charge is 0.346 e. The maximum Gasteiger partial charge on any atom is 0.243 e. The number of carbonyl (C=O) groups excluding carboxylic acids is 2. The molecule has 0 fully saturated rings. The molecule has 0 heterocycles. The summed E-state index contributed by atoms with van der Waals surface area (Å²) in [4.78, 5) is 23.2. The Labute approximate surface area is 129 Å². The van der Waals surface area contributed by atoms with Crippen LogP contribution in [0.5, 0.6) is 0 Å². The zero-order chi connectivity index (χ0) is 16.2. The molecule has 1 aromatic rings. The van der Waals surface area contributed by atoms with E-state index in [0.29, 0.717) is 6.07 Å². The molecule has 0 saturated heterocycles. The molecule has 116 valence electrons. The highest BCUT2D eigenvalue weighted by Crippen LogP contribution is 2.23. The molecule has 0 spiro atoms. The molecule has 4 N–H and O–H groups in total. The van der Waals surface area contributed by atoms with E-state index in [0.717, 1.165) is 6.07 Å². The summed E-state index contributed by atoms with van der Waals surface area (Å²) in [5.74, 6) is -2.87. The fourth-order valence-electron chi connectivity index (χ4n) is 1.40. The third-order valence-electron chi connectivity index (χ3n) is 2.73. The van der Waals surface area contributed by atoms with Crippen LogP contribution in [0.25, 0.3) is 0 Å². The Balaban J connectivity index is 2.59. The van der Waals surface area contributed by atoms with Gasteiger partial charge in [0.1, 0.15) is 11.6 Å². The average molecular weight is 364 g/mol. The lowest BCUT2D eigenvalue weighted by molar-refractivity contribution is -0.125. The Morgan fingerprint density at radius 3 is 2.48 bits per heavy atom. The van der Waals surface area contributed by atoms with E-state index in [1.807, 2.05) is 0 Å². The molecule has 1 aromatic carbocycles. The van der Waals surface area contributed by atoms with Crippen LogP contribution in [0.4, 0.5) is 14.5 Å². The topological polar surface area (TPSA) is 84.2 Å². The van der Waals surface area contributed by atoms with Crippen molar-refractivity contribution in [2.24, 2.45) is 11.7 Å². The molecule has 5 nitrogen and oxygen atoms in total. The first kappa shape index (κ1) is 17.5. The first-order valence-electron chi connectivity index (χ1n) is 6.20. The van der Waals surface area contributed by atoms with Crippen molar-refractivity contribution in [2.75, 3.05) is 11.9 Å². The van der Waals surface area contributed by atoms with E-state index in [-0.39, 0.29) is 22.6 Å². The van der Waals surface area contributed by atoms with Crippen LogP contribution in [0.1, 0.15) is 13.8 Å². The quantitative estimate of drug-likeness (QED) is 0.697. The Kier molecular flexibility index (Phi) is 6.22. The molecule has 0 aliphatic rings. The smallest absolute Gasteiger partial charge is 0.243 e. The normalized spacial score (nSPS) is 12.1. The number of rotatable bonds is 5. The summed E-state index contributed by atoms with van der Waals surface area (Å²) in [6.07, 6.45) is 0. The second kappa shape index (κ2) is 7.46. The standard InChI is InChI=1S/C13H16BrF2N3O2/c1-6(2)12(17)13(21)18-5-11(20)19-10-3-7(14)8(15)4-9(10)16/h3-4,6,12H,5,17H2,1-2H3,(H,18,21)(H,19,20)/t12-/m0/s1. The molecule has 0 aliphatic heterocycles. The van der Waals surface area contributed by atoms with Crippen molar-refractivity contribution in [3.8, 4) is 0 Å². The van der Waals surface area contributed by atoms with Crippen molar-refractivity contribution >= 4 is 33.4 Å². The molecule has 0 aliphatic carbocycles. The Morgan fingerprint density at radius 2 is 1.90 bits per heavy atom. The Morgan fingerprint density at radius 1 is 1.29 bits per heavy atom. The monoisotopic (exact) mass is 363 g/mol. The van der Waals surface area contributed by atoms with Gasteiger partial charge in [0, 0.05) is 6.07 Å². The van der Waals surface area contributed by atoms with Crippen LogP contribution >= 0.6 is 15.9 Å². The fraction of sp³-hybridized carbons (Fsp3) is 0.385. The molecule has 1 rings (SSSR count). The molecule has 0 saturated carbocycles. The van der Waals surface area contributed by atoms with Gasteiger partial charge in [0.05, 0.1) is 22.7 Å². The second-order valence-corrected chi connectivity index (χ2v) is 5.64. The molecule has 0 radical (unpaired) electrons. The predicted octanol–water partition coefficient (Wildman–Crippen LogP) is 1.77. The van der Waals surface area contributed by atoms with Crippen LogP contribution in [-0.4, -0.2) is 24.4 Å². The molecule has 0 bridgehead atoms. The predicted molar refractivity (Wildman–Crippen MR) is 78.5 cm³/mol. The van der Waals surface area contributed by atoms with Crippen molar-refractivity contribution < 1.29 is 18.4 Å². The highest BCUT2D eigenvalue weighted by Gasteiger charge is 2.18. The fourth-order valence-corrected chi connectivity index (χ4v) is 1.74. The van der Waals surface area contributed by atoms with Gasteiger partial charge in [-0.15, -0.1) is 0 Å². The lowest BCUT2D eigenvalue weighted by atomic mass is 10.1. The molecule has 2 amide bonds. The van der Waals surface area contributed by atoms with E-state index >= 15 is 0 Å². The van der Waals surface area contributed by atoms with Crippen LogP contribution in [0.15, 0.2) is 16.6 Å². The number of anilines is 1. The van der Waals surface area contributed by atoms with E-state index in [1.54, 1.807) is 13.8 Å². The van der Waals surface area contributed by atoms with Crippen molar-refractivity contribution in [2.45, 2.75) is 19.9 Å². The number of hydrogen-bond acceptors (Lipinski definition) is 3. The number of nitrogens with two attached hydrogens (primary N) is 1. The highest BCUT2D eigenvalue weighted by molar-refractivity contribution is 9.10. The number of carbonyl (C=O) groups is 2. The molecular formula is C13H16BrF2N3O2. The maximum atomic E-state index is 13.4. The van der Waals surface area contributed by atoms with Crippen molar-refractivity contribution in [3.05, 3.63) is 28.2 Å². The summed E-state index contributed by atoms with van der Waals surface area (Å²) < 4.78 is 26.5. The Bertz CT molecular complexity index is 552. The summed E-state index contributed by atoms with van der Waals surface area (Å²) in [6.45, 7) is 3.19. The first-order chi connectivity index (χ1) is 9.72. The van der Waals surface area contributed by atoms with Crippen molar-refractivity contribution in [3.63, 3.8) is 0 Å². The van der Waals surface area contributed by atoms with Crippen LogP contribution in [-0.2, 0) is 9.59 Å². The average Bonchev–Trinajstić information content (AvgIpc) is 2.41. The lowest BCUT2D eigenvalue weighted by Gasteiger charge is -2.15. The van der Waals surface area contributed by atoms with Gasteiger partial charge >= 0.3 is 0 Å². The summed E-state index contributed by atoms with van der Waals surface area (Å²) in [6, 6.07) is 1.02. The molecule has 1 atom stereocenters. The first-order valence-corrected chi connectivity index (χ1v) is 6.99. The number of hydrogen-bond donors (Lipinski definition) is 3. The summed E-state index contributed by atoms with van der Waals surface area (Å²) in [7, 11) is 0. The van der Waals surface area contributed by atoms with Gasteiger partial charge in [-0.3, -0.25) is 9.59 Å². The SMILES string of the molecule is CC(C)[C@H](N)C(=O)NCC(=O)Nc1cc(Br)c(F)cc1F. The summed E-state index contributed by atoms with van der Waals surface area (Å²) in [5.41, 5.74) is 5.42. The van der Waals surface area contributed by atoms with Crippen LogP contribution in [0.2, 0.25) is 0 Å². The molecule has 0 unspecified atom stereocenters. The van der Waals surface area contributed by atoms with E-state index < -0.39 is 29.5 Å². The van der Waals surface area contributed by atoms with Crippen LogP contribution in [0.3, 0.4) is 0 Å².